The molecule has 0 saturated heterocycles. The Kier molecular flexibility index (Phi) is 3.33. The van der Waals surface area contributed by atoms with Crippen molar-refractivity contribution in [1.82, 2.24) is 4.98 Å². The summed E-state index contributed by atoms with van der Waals surface area (Å²) in [6.45, 7) is 0. The number of hydrogen-bond acceptors (Lipinski definition) is 7. The van der Waals surface area contributed by atoms with Crippen LogP contribution in [0.2, 0.25) is 0 Å². The fourth-order valence-electron chi connectivity index (χ4n) is 0.424. The third-order valence-corrected chi connectivity index (χ3v) is 2.97. The summed E-state index contributed by atoms with van der Waals surface area (Å²) < 4.78 is 47.1. The van der Waals surface area contributed by atoms with Gasteiger partial charge in [-0.3, -0.25) is 4.55 Å². The van der Waals surface area contributed by atoms with Crippen LogP contribution in [0.5, 0.6) is 5.19 Å². The molecule has 1 aromatic rings. The molecule has 0 saturated carbocycles. The molecule has 1 aromatic heterocycles. The lowest BCUT2D eigenvalue weighted by atomic mass is 11.0. The average Bonchev–Trinajstić information content (AvgIpc) is 2.34. The molecular weight excluding hydrogens is 242 g/mol. The molecule has 0 aliphatic heterocycles. The van der Waals surface area contributed by atoms with E-state index in [1.54, 1.807) is 0 Å². The molecule has 1 heterocycles. The summed E-state index contributed by atoms with van der Waals surface area (Å²) in [6.07, 6.45) is 1.31. The van der Waals surface area contributed by atoms with Crippen LogP contribution in [0, 0.1) is 0 Å². The molecule has 0 fully saturated rings. The van der Waals surface area contributed by atoms with Crippen molar-refractivity contribution in [2.24, 2.45) is 0 Å². The average molecular weight is 245 g/mol. The zero-order valence-electron chi connectivity index (χ0n) is 5.82. The molecule has 0 bridgehead atoms. The van der Waals surface area contributed by atoms with Gasteiger partial charge in [0.05, 0.1) is 0 Å². The molecule has 0 amide bonds. The van der Waals surface area contributed by atoms with Gasteiger partial charge >= 0.3 is 21.8 Å². The standard InChI is InChI=1S/C3H3NO6S3/c5-12(6)10-13(7,8)9-3-4-1-2-11-3/h1-2H,(H,5,6). The molecule has 0 aromatic carbocycles. The van der Waals surface area contributed by atoms with Gasteiger partial charge in [-0.25, -0.2) is 4.98 Å². The molecule has 1 N–H and O–H groups in total. The maximum absolute atomic E-state index is 10.7. The first-order valence-corrected chi connectivity index (χ1v) is 5.89. The minimum absolute atomic E-state index is 0.189. The first-order valence-electron chi connectivity index (χ1n) is 2.64. The molecular formula is C3H3NO6S3. The molecule has 0 radical (unpaired) electrons. The Balaban J connectivity index is 2.68. The van der Waals surface area contributed by atoms with E-state index in [-0.39, 0.29) is 5.19 Å². The highest BCUT2D eigenvalue weighted by Crippen LogP contribution is 2.16. The fourth-order valence-corrected chi connectivity index (χ4v) is 2.09. The van der Waals surface area contributed by atoms with Crippen LogP contribution in [0.3, 0.4) is 0 Å². The van der Waals surface area contributed by atoms with Gasteiger partial charge in [-0.15, -0.1) is 3.63 Å². The van der Waals surface area contributed by atoms with Crippen LogP contribution in [-0.2, 0) is 25.4 Å². The van der Waals surface area contributed by atoms with E-state index in [4.69, 9.17) is 4.55 Å². The fraction of sp³-hybridized carbons (Fsp3) is 0. The molecule has 1 unspecified atom stereocenters. The zero-order valence-corrected chi connectivity index (χ0v) is 8.26. The SMILES string of the molecule is O=S(O)OS(=O)(=O)Oc1nccs1. The largest absolute Gasteiger partial charge is 0.466 e. The van der Waals surface area contributed by atoms with Gasteiger partial charge in [0.15, 0.2) is 0 Å². The first kappa shape index (κ1) is 10.5. The second-order valence-corrected chi connectivity index (χ2v) is 4.39. The number of aromatic nitrogens is 1. The van der Waals surface area contributed by atoms with Crippen molar-refractivity contribution in [3.05, 3.63) is 11.6 Å². The number of hydrogen-bond donors (Lipinski definition) is 1. The second-order valence-electron chi connectivity index (χ2n) is 1.57. The van der Waals surface area contributed by atoms with E-state index in [0.29, 0.717) is 0 Å². The van der Waals surface area contributed by atoms with Gasteiger partial charge < -0.3 is 4.18 Å². The Morgan fingerprint density at radius 1 is 1.62 bits per heavy atom. The van der Waals surface area contributed by atoms with Crippen molar-refractivity contribution in [2.75, 3.05) is 0 Å². The number of rotatable bonds is 4. The smallest absolute Gasteiger partial charge is 0.330 e. The van der Waals surface area contributed by atoms with Crippen molar-refractivity contribution in [2.45, 2.75) is 0 Å². The van der Waals surface area contributed by atoms with Crippen molar-refractivity contribution in [3.63, 3.8) is 0 Å². The third-order valence-electron chi connectivity index (χ3n) is 0.725. The minimum atomic E-state index is -4.51. The van der Waals surface area contributed by atoms with Crippen LogP contribution in [-0.4, -0.2) is 22.2 Å². The highest BCUT2D eigenvalue weighted by Gasteiger charge is 2.18. The second kappa shape index (κ2) is 4.11. The minimum Gasteiger partial charge on any atom is -0.330 e. The van der Waals surface area contributed by atoms with Crippen molar-refractivity contribution < 1.29 is 25.0 Å². The topological polar surface area (TPSA) is 103 Å². The van der Waals surface area contributed by atoms with E-state index >= 15 is 0 Å². The lowest BCUT2D eigenvalue weighted by molar-refractivity contribution is 0.380. The highest BCUT2D eigenvalue weighted by atomic mass is 32.3. The van der Waals surface area contributed by atoms with E-state index in [1.807, 2.05) is 0 Å². The van der Waals surface area contributed by atoms with Gasteiger partial charge in [-0.2, -0.15) is 12.6 Å². The summed E-state index contributed by atoms with van der Waals surface area (Å²) in [7, 11) is -4.51. The molecule has 13 heavy (non-hydrogen) atoms. The van der Waals surface area contributed by atoms with Crippen LogP contribution in [0.4, 0.5) is 0 Å². The zero-order chi connectivity index (χ0) is 9.90. The van der Waals surface area contributed by atoms with E-state index in [0.717, 1.165) is 11.3 Å². The summed E-state index contributed by atoms with van der Waals surface area (Å²) >= 11 is -2.03. The molecule has 0 spiro atoms. The van der Waals surface area contributed by atoms with Gasteiger partial charge in [0.1, 0.15) is 0 Å². The van der Waals surface area contributed by atoms with Crippen LogP contribution >= 0.6 is 11.3 Å². The summed E-state index contributed by atoms with van der Waals surface area (Å²) in [5.74, 6) is 0. The van der Waals surface area contributed by atoms with Crippen molar-refractivity contribution in [3.8, 4) is 5.19 Å². The third kappa shape index (κ3) is 3.78. The van der Waals surface area contributed by atoms with Gasteiger partial charge in [0.25, 0.3) is 5.19 Å². The van der Waals surface area contributed by atoms with Crippen LogP contribution in [0.15, 0.2) is 11.6 Å². The van der Waals surface area contributed by atoms with Gasteiger partial charge in [0.2, 0.25) is 0 Å². The first-order chi connectivity index (χ1) is 5.99. The quantitative estimate of drug-likeness (QED) is 0.740. The van der Waals surface area contributed by atoms with Crippen LogP contribution in [0.25, 0.3) is 0 Å². The molecule has 1 rings (SSSR count). The molecule has 1 atom stereocenters. The van der Waals surface area contributed by atoms with E-state index < -0.39 is 21.8 Å². The molecule has 10 heteroatoms. The van der Waals surface area contributed by atoms with Crippen LogP contribution < -0.4 is 4.18 Å². The summed E-state index contributed by atoms with van der Waals surface area (Å²) in [5.41, 5.74) is 0. The molecule has 7 nitrogen and oxygen atoms in total. The maximum Gasteiger partial charge on any atom is 0.466 e. The maximum atomic E-state index is 10.7. The Morgan fingerprint density at radius 3 is 2.77 bits per heavy atom. The lowest BCUT2D eigenvalue weighted by Gasteiger charge is -1.98. The highest BCUT2D eigenvalue weighted by molar-refractivity contribution is 7.92. The van der Waals surface area contributed by atoms with E-state index in [2.05, 4.69) is 12.8 Å². The summed E-state index contributed by atoms with van der Waals surface area (Å²) in [4.78, 5) is 3.47. The van der Waals surface area contributed by atoms with E-state index in [1.165, 1.54) is 11.6 Å². The predicted molar refractivity (Wildman–Crippen MR) is 43.5 cm³/mol. The Labute approximate surface area is 80.1 Å². The lowest BCUT2D eigenvalue weighted by Crippen LogP contribution is -2.14. The van der Waals surface area contributed by atoms with Crippen LogP contribution in [0.1, 0.15) is 0 Å². The Hall–Kier alpha value is -0.550. The normalized spacial score (nSPS) is 13.9. The molecule has 0 aliphatic rings. The van der Waals surface area contributed by atoms with Crippen molar-refractivity contribution in [1.29, 1.82) is 0 Å². The van der Waals surface area contributed by atoms with Gasteiger partial charge in [-0.05, 0) is 0 Å². The molecule has 0 aliphatic carbocycles. The van der Waals surface area contributed by atoms with Gasteiger partial charge in [0, 0.05) is 11.6 Å². The molecule has 74 valence electrons. The summed E-state index contributed by atoms with van der Waals surface area (Å²) in [6, 6.07) is 0. The van der Waals surface area contributed by atoms with Crippen molar-refractivity contribution >= 4 is 33.1 Å². The Morgan fingerprint density at radius 2 is 2.31 bits per heavy atom. The van der Waals surface area contributed by atoms with Gasteiger partial charge in [-0.1, -0.05) is 11.3 Å². The number of thiazole rings is 1. The predicted octanol–water partition coefficient (Wildman–Crippen LogP) is -0.0800. The Bertz CT molecular complexity index is 381. The summed E-state index contributed by atoms with van der Waals surface area (Å²) in [5, 5.41) is 1.28. The van der Waals surface area contributed by atoms with E-state index in [9.17, 15) is 12.6 Å². The monoisotopic (exact) mass is 245 g/mol. The number of nitrogens with zero attached hydrogens (tertiary/aromatic N) is 1.